The molecule has 0 aliphatic heterocycles. The maximum absolute atomic E-state index is 11.0. The first-order valence-corrected chi connectivity index (χ1v) is 5.24. The molecule has 0 saturated carbocycles. The average molecular weight is 211 g/mol. The molecule has 6 nitrogen and oxygen atoms in total. The van der Waals surface area contributed by atoms with Gasteiger partial charge in [-0.2, -0.15) is 0 Å². The monoisotopic (exact) mass is 211 g/mol. The predicted octanol–water partition coefficient (Wildman–Crippen LogP) is -1.54. The third-order valence-electron chi connectivity index (χ3n) is 1.19. The minimum absolute atomic E-state index is 0.319. The Morgan fingerprint density at radius 3 is 2.54 bits per heavy atom. The van der Waals surface area contributed by atoms with E-state index in [0.717, 1.165) is 7.11 Å². The SMILES string of the molecule is COC(=O)CS(=O)(=O)NC(C)CO. The van der Waals surface area contributed by atoms with Gasteiger partial charge in [-0.15, -0.1) is 0 Å². The lowest BCUT2D eigenvalue weighted by molar-refractivity contribution is -0.137. The lowest BCUT2D eigenvalue weighted by atomic mass is 10.4. The molecule has 0 aromatic rings. The molecule has 0 heterocycles. The number of aliphatic hydroxyl groups is 1. The zero-order valence-electron chi connectivity index (χ0n) is 7.48. The number of sulfonamides is 1. The normalized spacial score (nSPS) is 13.8. The van der Waals surface area contributed by atoms with Gasteiger partial charge in [0, 0.05) is 6.04 Å². The highest BCUT2D eigenvalue weighted by Gasteiger charge is 2.18. The number of rotatable bonds is 5. The van der Waals surface area contributed by atoms with E-state index in [-0.39, 0.29) is 6.61 Å². The molecule has 0 saturated heterocycles. The molecular formula is C6H13NO5S. The Labute approximate surface area is 76.9 Å². The molecule has 0 aromatic heterocycles. The summed E-state index contributed by atoms with van der Waals surface area (Å²) >= 11 is 0. The zero-order chi connectivity index (χ0) is 10.5. The number of hydrogen-bond donors (Lipinski definition) is 2. The van der Waals surface area contributed by atoms with Gasteiger partial charge in [-0.3, -0.25) is 4.79 Å². The molecule has 0 aromatic carbocycles. The quantitative estimate of drug-likeness (QED) is 0.538. The Morgan fingerprint density at radius 2 is 2.15 bits per heavy atom. The molecule has 0 amide bonds. The number of carbonyl (C=O) groups is 1. The lowest BCUT2D eigenvalue weighted by Crippen LogP contribution is -2.38. The van der Waals surface area contributed by atoms with E-state index in [0.29, 0.717) is 0 Å². The van der Waals surface area contributed by atoms with Crippen LogP contribution in [0, 0.1) is 0 Å². The second kappa shape index (κ2) is 5.15. The van der Waals surface area contributed by atoms with Crippen LogP contribution in [-0.2, 0) is 19.6 Å². The Morgan fingerprint density at radius 1 is 1.62 bits per heavy atom. The van der Waals surface area contributed by atoms with Gasteiger partial charge in [-0.1, -0.05) is 0 Å². The molecule has 0 bridgehead atoms. The largest absolute Gasteiger partial charge is 0.468 e. The molecule has 0 spiro atoms. The molecule has 1 unspecified atom stereocenters. The van der Waals surface area contributed by atoms with Crippen LogP contribution in [0.3, 0.4) is 0 Å². The van der Waals surface area contributed by atoms with Gasteiger partial charge in [-0.05, 0) is 6.92 Å². The van der Waals surface area contributed by atoms with Crippen LogP contribution in [0.25, 0.3) is 0 Å². The van der Waals surface area contributed by atoms with Crippen LogP contribution in [0.5, 0.6) is 0 Å². The van der Waals surface area contributed by atoms with E-state index in [2.05, 4.69) is 9.46 Å². The third-order valence-corrected chi connectivity index (χ3v) is 2.57. The standard InChI is InChI=1S/C6H13NO5S/c1-5(3-8)7-13(10,11)4-6(9)12-2/h5,7-8H,3-4H2,1-2H3. The van der Waals surface area contributed by atoms with Crippen LogP contribution < -0.4 is 4.72 Å². The maximum atomic E-state index is 11.0. The number of aliphatic hydroxyl groups excluding tert-OH is 1. The first-order valence-electron chi connectivity index (χ1n) is 3.59. The van der Waals surface area contributed by atoms with E-state index in [9.17, 15) is 13.2 Å². The Kier molecular flexibility index (Phi) is 4.89. The van der Waals surface area contributed by atoms with Crippen molar-refractivity contribution in [3.8, 4) is 0 Å². The van der Waals surface area contributed by atoms with Crippen molar-refractivity contribution >= 4 is 16.0 Å². The molecular weight excluding hydrogens is 198 g/mol. The lowest BCUT2D eigenvalue weighted by Gasteiger charge is -2.09. The highest BCUT2D eigenvalue weighted by molar-refractivity contribution is 7.90. The summed E-state index contributed by atoms with van der Waals surface area (Å²) in [5, 5.41) is 8.55. The van der Waals surface area contributed by atoms with Gasteiger partial charge in [0.15, 0.2) is 5.75 Å². The van der Waals surface area contributed by atoms with Gasteiger partial charge in [0.2, 0.25) is 10.0 Å². The zero-order valence-corrected chi connectivity index (χ0v) is 8.30. The number of nitrogens with one attached hydrogen (secondary N) is 1. The van der Waals surface area contributed by atoms with E-state index in [1.165, 1.54) is 6.92 Å². The molecule has 1 atom stereocenters. The third kappa shape index (κ3) is 5.56. The van der Waals surface area contributed by atoms with Crippen LogP contribution >= 0.6 is 0 Å². The number of carbonyl (C=O) groups excluding carboxylic acids is 1. The van der Waals surface area contributed by atoms with E-state index in [1.54, 1.807) is 0 Å². The fourth-order valence-electron chi connectivity index (χ4n) is 0.600. The summed E-state index contributed by atoms with van der Waals surface area (Å²) in [5.74, 6) is -1.56. The van der Waals surface area contributed by atoms with Gasteiger partial charge in [0.05, 0.1) is 13.7 Å². The average Bonchev–Trinajstić information content (AvgIpc) is 2.02. The second-order valence-corrected chi connectivity index (χ2v) is 4.29. The maximum Gasteiger partial charge on any atom is 0.322 e. The molecule has 13 heavy (non-hydrogen) atoms. The summed E-state index contributed by atoms with van der Waals surface area (Å²) < 4.78 is 28.4. The van der Waals surface area contributed by atoms with Gasteiger partial charge in [0.25, 0.3) is 0 Å². The number of esters is 1. The predicted molar refractivity (Wildman–Crippen MR) is 45.5 cm³/mol. The highest BCUT2D eigenvalue weighted by atomic mass is 32.2. The Hall–Kier alpha value is -0.660. The van der Waals surface area contributed by atoms with Crippen molar-refractivity contribution < 1.29 is 23.1 Å². The van der Waals surface area contributed by atoms with Gasteiger partial charge in [0.1, 0.15) is 0 Å². The van der Waals surface area contributed by atoms with Crippen molar-refractivity contribution in [1.29, 1.82) is 0 Å². The smallest absolute Gasteiger partial charge is 0.322 e. The summed E-state index contributed by atoms with van der Waals surface area (Å²) in [7, 11) is -2.58. The van der Waals surface area contributed by atoms with Crippen LogP contribution in [0.2, 0.25) is 0 Å². The van der Waals surface area contributed by atoms with Crippen LogP contribution in [0.4, 0.5) is 0 Å². The fraction of sp³-hybridized carbons (Fsp3) is 0.833. The summed E-state index contributed by atoms with van der Waals surface area (Å²) in [6, 6.07) is -0.602. The van der Waals surface area contributed by atoms with Crippen molar-refractivity contribution in [3.63, 3.8) is 0 Å². The highest BCUT2D eigenvalue weighted by Crippen LogP contribution is 1.90. The Bertz CT molecular complexity index is 260. The molecule has 0 rings (SSSR count). The van der Waals surface area contributed by atoms with Crippen molar-refractivity contribution in [3.05, 3.63) is 0 Å². The minimum Gasteiger partial charge on any atom is -0.468 e. The van der Waals surface area contributed by atoms with E-state index in [1.807, 2.05) is 0 Å². The van der Waals surface area contributed by atoms with Crippen molar-refractivity contribution in [2.75, 3.05) is 19.5 Å². The van der Waals surface area contributed by atoms with Crippen LogP contribution in [-0.4, -0.2) is 45.0 Å². The van der Waals surface area contributed by atoms with Crippen LogP contribution in [0.15, 0.2) is 0 Å². The number of hydrogen-bond acceptors (Lipinski definition) is 5. The van der Waals surface area contributed by atoms with E-state index < -0.39 is 27.8 Å². The van der Waals surface area contributed by atoms with E-state index in [4.69, 9.17) is 5.11 Å². The van der Waals surface area contributed by atoms with Gasteiger partial charge < -0.3 is 9.84 Å². The first-order chi connectivity index (χ1) is 5.91. The number of methoxy groups -OCH3 is 1. The summed E-state index contributed by atoms with van der Waals surface area (Å²) in [6.45, 7) is 1.16. The summed E-state index contributed by atoms with van der Waals surface area (Å²) in [4.78, 5) is 10.6. The Balaban J connectivity index is 4.17. The van der Waals surface area contributed by atoms with Crippen molar-refractivity contribution in [2.24, 2.45) is 0 Å². The molecule has 0 aliphatic rings. The second-order valence-electron chi connectivity index (χ2n) is 2.54. The minimum atomic E-state index is -3.69. The number of ether oxygens (including phenoxy) is 1. The van der Waals surface area contributed by atoms with E-state index >= 15 is 0 Å². The fourth-order valence-corrected chi connectivity index (χ4v) is 1.80. The van der Waals surface area contributed by atoms with Gasteiger partial charge in [-0.25, -0.2) is 13.1 Å². The van der Waals surface area contributed by atoms with Crippen molar-refractivity contribution in [1.82, 2.24) is 4.72 Å². The summed E-state index contributed by atoms with van der Waals surface area (Å²) in [5.41, 5.74) is 0. The molecule has 0 radical (unpaired) electrons. The molecule has 2 N–H and O–H groups in total. The van der Waals surface area contributed by atoms with Gasteiger partial charge >= 0.3 is 5.97 Å². The molecule has 78 valence electrons. The first kappa shape index (κ1) is 12.3. The molecule has 0 aliphatic carbocycles. The van der Waals surface area contributed by atoms with Crippen molar-refractivity contribution in [2.45, 2.75) is 13.0 Å². The molecule has 7 heteroatoms. The van der Waals surface area contributed by atoms with Crippen LogP contribution in [0.1, 0.15) is 6.92 Å². The summed E-state index contributed by atoms with van der Waals surface area (Å²) in [6.07, 6.45) is 0. The molecule has 0 fully saturated rings. The topological polar surface area (TPSA) is 92.7 Å².